The average molecular weight is 348 g/mol. The highest BCUT2D eigenvalue weighted by Gasteiger charge is 2.49. The standard InChI is InChI=1S/C19H19Cl2NO/c20-15-7-5-13(11-16(15)21)19(8-2-9-19)18(23)14-6-4-12-3-1-10-22-17(12)14/h1,3,5,7,10-11,14,18,23H,2,4,6,8-9H2. The molecular formula is C19H19Cl2NO. The molecule has 1 aromatic heterocycles. The molecule has 23 heavy (non-hydrogen) atoms. The van der Waals surface area contributed by atoms with Gasteiger partial charge in [-0.15, -0.1) is 0 Å². The average Bonchev–Trinajstić information content (AvgIpc) is 2.93. The van der Waals surface area contributed by atoms with E-state index in [1.165, 1.54) is 5.56 Å². The maximum Gasteiger partial charge on any atom is 0.0720 e. The number of aliphatic hydroxyl groups is 1. The Bertz CT molecular complexity index is 742. The minimum Gasteiger partial charge on any atom is -0.392 e. The van der Waals surface area contributed by atoms with E-state index in [4.69, 9.17) is 23.2 Å². The van der Waals surface area contributed by atoms with Crippen LogP contribution in [0.15, 0.2) is 36.5 Å². The van der Waals surface area contributed by atoms with E-state index in [0.29, 0.717) is 10.0 Å². The summed E-state index contributed by atoms with van der Waals surface area (Å²) >= 11 is 12.3. The van der Waals surface area contributed by atoms with Crippen molar-refractivity contribution in [2.24, 2.45) is 0 Å². The Balaban J connectivity index is 1.71. The van der Waals surface area contributed by atoms with Gasteiger partial charge in [-0.1, -0.05) is 41.8 Å². The first-order valence-electron chi connectivity index (χ1n) is 8.19. The first-order valence-corrected chi connectivity index (χ1v) is 8.95. The Morgan fingerprint density at radius 3 is 2.70 bits per heavy atom. The van der Waals surface area contributed by atoms with Gasteiger partial charge in [0.25, 0.3) is 0 Å². The zero-order valence-corrected chi connectivity index (χ0v) is 14.3. The van der Waals surface area contributed by atoms with Crippen molar-refractivity contribution in [3.63, 3.8) is 0 Å². The predicted molar refractivity (Wildman–Crippen MR) is 93.3 cm³/mol. The van der Waals surface area contributed by atoms with E-state index in [1.807, 2.05) is 30.5 Å². The molecule has 4 heteroatoms. The fourth-order valence-electron chi connectivity index (χ4n) is 4.26. The van der Waals surface area contributed by atoms with Gasteiger partial charge in [-0.3, -0.25) is 4.98 Å². The molecule has 4 rings (SSSR count). The molecule has 0 amide bonds. The number of halogens is 2. The predicted octanol–water partition coefficient (Wildman–Crippen LogP) is 4.90. The van der Waals surface area contributed by atoms with E-state index in [1.54, 1.807) is 0 Å². The van der Waals surface area contributed by atoms with Crippen molar-refractivity contribution in [1.29, 1.82) is 0 Å². The monoisotopic (exact) mass is 347 g/mol. The molecule has 1 N–H and O–H groups in total. The third-order valence-electron chi connectivity index (χ3n) is 5.69. The second-order valence-electron chi connectivity index (χ2n) is 6.78. The highest BCUT2D eigenvalue weighted by Crippen LogP contribution is 2.52. The van der Waals surface area contributed by atoms with Crippen molar-refractivity contribution < 1.29 is 5.11 Å². The van der Waals surface area contributed by atoms with E-state index >= 15 is 0 Å². The minimum atomic E-state index is -0.426. The smallest absolute Gasteiger partial charge is 0.0720 e. The summed E-state index contributed by atoms with van der Waals surface area (Å²) in [6, 6.07) is 9.89. The molecule has 1 heterocycles. The van der Waals surface area contributed by atoms with Crippen LogP contribution in [0, 0.1) is 0 Å². The van der Waals surface area contributed by atoms with Crippen LogP contribution >= 0.6 is 23.2 Å². The third-order valence-corrected chi connectivity index (χ3v) is 6.43. The second-order valence-corrected chi connectivity index (χ2v) is 7.59. The summed E-state index contributed by atoms with van der Waals surface area (Å²) < 4.78 is 0. The van der Waals surface area contributed by atoms with Crippen LogP contribution in [-0.4, -0.2) is 16.2 Å². The number of aromatic nitrogens is 1. The maximum absolute atomic E-state index is 11.3. The van der Waals surface area contributed by atoms with E-state index in [9.17, 15) is 5.11 Å². The van der Waals surface area contributed by atoms with E-state index in [0.717, 1.165) is 43.4 Å². The molecule has 2 aliphatic rings. The van der Waals surface area contributed by atoms with Crippen LogP contribution in [0.1, 0.15) is 48.4 Å². The lowest BCUT2D eigenvalue weighted by atomic mass is 9.58. The molecule has 2 aliphatic carbocycles. The Hall–Kier alpha value is -1.09. The Kier molecular flexibility index (Phi) is 3.87. The van der Waals surface area contributed by atoms with Crippen molar-refractivity contribution in [2.45, 2.75) is 49.5 Å². The van der Waals surface area contributed by atoms with Gasteiger partial charge in [0.05, 0.1) is 16.1 Å². The lowest BCUT2D eigenvalue weighted by Crippen LogP contribution is -2.48. The SMILES string of the molecule is OC(C1CCc2cccnc21)C1(c2ccc(Cl)c(Cl)c2)CCC1. The molecule has 0 aliphatic heterocycles. The van der Waals surface area contributed by atoms with Crippen molar-refractivity contribution in [1.82, 2.24) is 4.98 Å². The fourth-order valence-corrected chi connectivity index (χ4v) is 4.55. The Labute approximate surface area is 146 Å². The number of pyridine rings is 1. The van der Waals surface area contributed by atoms with Gasteiger partial charge in [0.1, 0.15) is 0 Å². The topological polar surface area (TPSA) is 33.1 Å². The number of benzene rings is 1. The van der Waals surface area contributed by atoms with E-state index in [-0.39, 0.29) is 11.3 Å². The molecule has 1 fully saturated rings. The molecule has 2 aromatic rings. The van der Waals surface area contributed by atoms with Crippen LogP contribution in [0.3, 0.4) is 0 Å². The van der Waals surface area contributed by atoms with Crippen LogP contribution in [0.25, 0.3) is 0 Å². The van der Waals surface area contributed by atoms with Crippen molar-refractivity contribution >= 4 is 23.2 Å². The van der Waals surface area contributed by atoms with E-state index in [2.05, 4.69) is 11.1 Å². The van der Waals surface area contributed by atoms with Gasteiger partial charge >= 0.3 is 0 Å². The first kappa shape index (κ1) is 15.4. The van der Waals surface area contributed by atoms with Crippen LogP contribution < -0.4 is 0 Å². The first-order chi connectivity index (χ1) is 11.1. The number of aliphatic hydroxyl groups excluding tert-OH is 1. The van der Waals surface area contributed by atoms with E-state index < -0.39 is 6.10 Å². The van der Waals surface area contributed by atoms with Crippen LogP contribution in [0.2, 0.25) is 10.0 Å². The molecule has 0 spiro atoms. The number of fused-ring (bicyclic) bond motifs is 1. The van der Waals surface area contributed by atoms with Gasteiger partial charge in [0.15, 0.2) is 0 Å². The van der Waals surface area contributed by atoms with Gasteiger partial charge in [0.2, 0.25) is 0 Å². The number of aryl methyl sites for hydroxylation is 1. The molecule has 2 unspecified atom stereocenters. The van der Waals surface area contributed by atoms with Gasteiger partial charge in [-0.25, -0.2) is 0 Å². The number of rotatable bonds is 3. The molecule has 1 aromatic carbocycles. The zero-order chi connectivity index (χ0) is 16.0. The fraction of sp³-hybridized carbons (Fsp3) is 0.421. The van der Waals surface area contributed by atoms with Crippen molar-refractivity contribution in [3.8, 4) is 0 Å². The molecule has 0 bridgehead atoms. The summed E-state index contributed by atoms with van der Waals surface area (Å²) in [5.74, 6) is 0.112. The summed E-state index contributed by atoms with van der Waals surface area (Å²) in [4.78, 5) is 4.55. The third kappa shape index (κ3) is 2.39. The maximum atomic E-state index is 11.3. The molecule has 2 nitrogen and oxygen atoms in total. The normalized spacial score (nSPS) is 23.2. The summed E-state index contributed by atoms with van der Waals surface area (Å²) in [6.07, 6.45) is 6.49. The summed E-state index contributed by atoms with van der Waals surface area (Å²) in [5.41, 5.74) is 3.25. The summed E-state index contributed by atoms with van der Waals surface area (Å²) in [5, 5.41) is 12.4. The second kappa shape index (κ2) is 5.77. The number of nitrogens with zero attached hydrogens (tertiary/aromatic N) is 1. The molecule has 2 atom stereocenters. The van der Waals surface area contributed by atoms with Crippen LogP contribution in [0.4, 0.5) is 0 Å². The van der Waals surface area contributed by atoms with Gasteiger partial charge in [0, 0.05) is 23.2 Å². The largest absolute Gasteiger partial charge is 0.392 e. The lowest BCUT2D eigenvalue weighted by Gasteiger charge is -2.48. The Morgan fingerprint density at radius 2 is 2.00 bits per heavy atom. The summed E-state index contributed by atoms with van der Waals surface area (Å²) in [7, 11) is 0. The number of hydrogen-bond acceptors (Lipinski definition) is 2. The molecule has 0 radical (unpaired) electrons. The van der Waals surface area contributed by atoms with Gasteiger partial charge in [-0.2, -0.15) is 0 Å². The molecule has 120 valence electrons. The zero-order valence-electron chi connectivity index (χ0n) is 12.8. The van der Waals surface area contributed by atoms with Crippen molar-refractivity contribution in [2.75, 3.05) is 0 Å². The summed E-state index contributed by atoms with van der Waals surface area (Å²) in [6.45, 7) is 0. The highest BCUT2D eigenvalue weighted by atomic mass is 35.5. The molecular weight excluding hydrogens is 329 g/mol. The lowest BCUT2D eigenvalue weighted by molar-refractivity contribution is 0.00763. The van der Waals surface area contributed by atoms with Gasteiger partial charge < -0.3 is 5.11 Å². The number of hydrogen-bond donors (Lipinski definition) is 1. The minimum absolute atomic E-state index is 0.112. The highest BCUT2D eigenvalue weighted by molar-refractivity contribution is 6.42. The van der Waals surface area contributed by atoms with Crippen LogP contribution in [0.5, 0.6) is 0 Å². The Morgan fingerprint density at radius 1 is 1.17 bits per heavy atom. The van der Waals surface area contributed by atoms with Gasteiger partial charge in [-0.05, 0) is 55.0 Å². The molecule has 0 saturated heterocycles. The van der Waals surface area contributed by atoms with Crippen LogP contribution in [-0.2, 0) is 11.8 Å². The van der Waals surface area contributed by atoms with Crippen molar-refractivity contribution in [3.05, 3.63) is 63.4 Å². The molecule has 1 saturated carbocycles. The quantitative estimate of drug-likeness (QED) is 0.856.